The number of aryl methyl sites for hydroxylation is 1. The Labute approximate surface area is 177 Å². The lowest BCUT2D eigenvalue weighted by Crippen LogP contribution is -2.34. The van der Waals surface area contributed by atoms with Crippen molar-refractivity contribution in [2.45, 2.75) is 39.4 Å². The number of hydrogen-bond donors (Lipinski definition) is 2. The second-order valence-corrected chi connectivity index (χ2v) is 7.89. The van der Waals surface area contributed by atoms with Crippen LogP contribution in [0.2, 0.25) is 5.02 Å². The molecule has 0 bridgehead atoms. The van der Waals surface area contributed by atoms with E-state index in [0.717, 1.165) is 11.9 Å². The van der Waals surface area contributed by atoms with Gasteiger partial charge in [-0.2, -0.15) is 13.2 Å². The minimum absolute atomic E-state index is 0.0284. The molecule has 3 rings (SSSR count). The van der Waals surface area contributed by atoms with Gasteiger partial charge in [0.25, 0.3) is 5.91 Å². The van der Waals surface area contributed by atoms with Crippen LogP contribution >= 0.6 is 11.6 Å². The highest BCUT2D eigenvalue weighted by atomic mass is 35.5. The Balaban J connectivity index is 1.87. The quantitative estimate of drug-likeness (QED) is 0.714. The molecule has 10 heteroatoms. The van der Waals surface area contributed by atoms with Gasteiger partial charge in [0.1, 0.15) is 17.7 Å². The van der Waals surface area contributed by atoms with E-state index < -0.39 is 17.9 Å². The van der Waals surface area contributed by atoms with E-state index in [2.05, 4.69) is 10.3 Å². The van der Waals surface area contributed by atoms with Crippen molar-refractivity contribution in [3.8, 4) is 0 Å². The third-order valence-electron chi connectivity index (χ3n) is 4.99. The topological polar surface area (TPSA) is 76.2 Å². The lowest BCUT2D eigenvalue weighted by atomic mass is 10.1. The standard InChI is InChI=1S/C20H23ClF3N5O/c1-11(2)17(27-14-6-4-13(21)5-7-14)18(25)28-9-8-15(19(28)30)29-10-16(20(22,23)24)26-12(29)3/h4-7,10-11,15,27H,8-9,25H2,1-3H3/b18-17+/t15-/m0/s1. The summed E-state index contributed by atoms with van der Waals surface area (Å²) in [7, 11) is 0. The molecule has 0 radical (unpaired) electrons. The Hall–Kier alpha value is -2.68. The maximum absolute atomic E-state index is 13.0. The summed E-state index contributed by atoms with van der Waals surface area (Å²) in [5.41, 5.74) is 6.73. The van der Waals surface area contributed by atoms with E-state index in [4.69, 9.17) is 17.3 Å². The number of nitrogens with zero attached hydrogens (tertiary/aromatic N) is 3. The molecule has 1 amide bonds. The molecular weight excluding hydrogens is 419 g/mol. The third kappa shape index (κ3) is 4.40. The summed E-state index contributed by atoms with van der Waals surface area (Å²) >= 11 is 5.92. The van der Waals surface area contributed by atoms with Gasteiger partial charge < -0.3 is 15.6 Å². The zero-order chi connectivity index (χ0) is 22.2. The van der Waals surface area contributed by atoms with E-state index in [1.54, 1.807) is 24.3 Å². The number of rotatable bonds is 5. The predicted molar refractivity (Wildman–Crippen MR) is 108 cm³/mol. The van der Waals surface area contributed by atoms with Crippen LogP contribution < -0.4 is 11.1 Å². The second-order valence-electron chi connectivity index (χ2n) is 7.46. The number of imidazole rings is 1. The molecule has 1 aliphatic heterocycles. The van der Waals surface area contributed by atoms with Crippen LogP contribution in [0.5, 0.6) is 0 Å². The molecule has 1 aromatic carbocycles. The van der Waals surface area contributed by atoms with E-state index in [9.17, 15) is 18.0 Å². The van der Waals surface area contributed by atoms with Gasteiger partial charge in [0.15, 0.2) is 5.69 Å². The van der Waals surface area contributed by atoms with Crippen molar-refractivity contribution in [2.24, 2.45) is 11.7 Å². The molecule has 0 unspecified atom stereocenters. The Morgan fingerprint density at radius 1 is 1.30 bits per heavy atom. The largest absolute Gasteiger partial charge is 0.434 e. The molecule has 162 valence electrons. The zero-order valence-electron chi connectivity index (χ0n) is 16.8. The summed E-state index contributed by atoms with van der Waals surface area (Å²) in [6.45, 7) is 5.61. The van der Waals surface area contributed by atoms with E-state index in [0.29, 0.717) is 23.7 Å². The second kappa shape index (κ2) is 8.22. The highest BCUT2D eigenvalue weighted by Crippen LogP contribution is 2.33. The highest BCUT2D eigenvalue weighted by molar-refractivity contribution is 6.30. The molecule has 6 nitrogen and oxygen atoms in total. The number of allylic oxidation sites excluding steroid dienone is 1. The van der Waals surface area contributed by atoms with Crippen molar-refractivity contribution < 1.29 is 18.0 Å². The summed E-state index contributed by atoms with van der Waals surface area (Å²) in [4.78, 5) is 18.0. The van der Waals surface area contributed by atoms with Crippen LogP contribution in [0.15, 0.2) is 42.0 Å². The Morgan fingerprint density at radius 2 is 1.93 bits per heavy atom. The number of nitrogens with one attached hydrogen (secondary N) is 1. The lowest BCUT2D eigenvalue weighted by Gasteiger charge is -2.24. The average Bonchev–Trinajstić information content (AvgIpc) is 3.22. The maximum Gasteiger partial charge on any atom is 0.434 e. The van der Waals surface area contributed by atoms with Gasteiger partial charge in [-0.3, -0.25) is 9.69 Å². The van der Waals surface area contributed by atoms with E-state index >= 15 is 0 Å². The molecule has 0 aliphatic carbocycles. The van der Waals surface area contributed by atoms with E-state index in [1.807, 2.05) is 13.8 Å². The summed E-state index contributed by atoms with van der Waals surface area (Å²) in [6.07, 6.45) is -3.35. The first kappa shape index (κ1) is 22.0. The smallest absolute Gasteiger partial charge is 0.384 e. The molecule has 1 aliphatic rings. The number of carbonyl (C=O) groups is 1. The van der Waals surface area contributed by atoms with E-state index in [-0.39, 0.29) is 23.5 Å². The molecule has 1 saturated heterocycles. The molecule has 2 heterocycles. The van der Waals surface area contributed by atoms with Crippen LogP contribution in [0, 0.1) is 12.8 Å². The van der Waals surface area contributed by atoms with Crippen molar-refractivity contribution in [1.29, 1.82) is 0 Å². The summed E-state index contributed by atoms with van der Waals surface area (Å²) < 4.78 is 40.2. The van der Waals surface area contributed by atoms with Crippen LogP contribution in [0.4, 0.5) is 18.9 Å². The fourth-order valence-corrected chi connectivity index (χ4v) is 3.56. The summed E-state index contributed by atoms with van der Waals surface area (Å²) in [5.74, 6) is -0.00756. The molecule has 0 spiro atoms. The van der Waals surface area contributed by atoms with Gasteiger partial charge in [0.05, 0.1) is 5.70 Å². The number of carbonyl (C=O) groups excluding carboxylic acids is 1. The fraction of sp³-hybridized carbons (Fsp3) is 0.400. The predicted octanol–water partition coefficient (Wildman–Crippen LogP) is 4.53. The number of halogens is 4. The van der Waals surface area contributed by atoms with E-state index in [1.165, 1.54) is 16.4 Å². The fourth-order valence-electron chi connectivity index (χ4n) is 3.44. The molecule has 0 saturated carbocycles. The molecule has 1 atom stereocenters. The summed E-state index contributed by atoms with van der Waals surface area (Å²) in [6, 6.07) is 6.26. The first-order valence-electron chi connectivity index (χ1n) is 9.45. The Bertz CT molecular complexity index is 966. The molecule has 1 aromatic heterocycles. The lowest BCUT2D eigenvalue weighted by molar-refractivity contribution is -0.141. The molecule has 1 fully saturated rings. The number of aromatic nitrogens is 2. The van der Waals surface area contributed by atoms with Crippen LogP contribution in [0.25, 0.3) is 0 Å². The number of benzene rings is 1. The van der Waals surface area contributed by atoms with Gasteiger partial charge in [0, 0.05) is 23.5 Å². The van der Waals surface area contributed by atoms with Crippen molar-refractivity contribution >= 4 is 23.2 Å². The normalized spacial score (nSPS) is 18.2. The zero-order valence-corrected chi connectivity index (χ0v) is 17.6. The molecule has 2 aromatic rings. The van der Waals surface area contributed by atoms with Crippen LogP contribution in [0.1, 0.15) is 37.8 Å². The van der Waals surface area contributed by atoms with Crippen LogP contribution in [0.3, 0.4) is 0 Å². The summed E-state index contributed by atoms with van der Waals surface area (Å²) in [5, 5.41) is 3.82. The van der Waals surface area contributed by atoms with Crippen LogP contribution in [-0.2, 0) is 11.0 Å². The number of amides is 1. The molecule has 3 N–H and O–H groups in total. The van der Waals surface area contributed by atoms with Crippen molar-refractivity contribution in [2.75, 3.05) is 11.9 Å². The maximum atomic E-state index is 13.0. The first-order valence-corrected chi connectivity index (χ1v) is 9.83. The number of likely N-dealkylation sites (tertiary alicyclic amines) is 1. The Morgan fingerprint density at radius 3 is 2.47 bits per heavy atom. The van der Waals surface area contributed by atoms with Gasteiger partial charge in [-0.15, -0.1) is 0 Å². The number of alkyl halides is 3. The third-order valence-corrected chi connectivity index (χ3v) is 5.24. The minimum Gasteiger partial charge on any atom is -0.384 e. The van der Waals surface area contributed by atoms with Gasteiger partial charge in [-0.05, 0) is 43.5 Å². The average molecular weight is 442 g/mol. The van der Waals surface area contributed by atoms with Crippen molar-refractivity contribution in [3.63, 3.8) is 0 Å². The number of anilines is 1. The van der Waals surface area contributed by atoms with Gasteiger partial charge >= 0.3 is 6.18 Å². The first-order chi connectivity index (χ1) is 14.0. The van der Waals surface area contributed by atoms with Crippen molar-refractivity contribution in [1.82, 2.24) is 14.5 Å². The molecular formula is C20H23ClF3N5O. The minimum atomic E-state index is -4.57. The SMILES string of the molecule is Cc1nc(C(F)(F)F)cn1[C@H]1CCN(/C(N)=C(/Nc2ccc(Cl)cc2)C(C)C)C1=O. The van der Waals surface area contributed by atoms with Gasteiger partial charge in [0.2, 0.25) is 0 Å². The van der Waals surface area contributed by atoms with Crippen LogP contribution in [-0.4, -0.2) is 26.9 Å². The van der Waals surface area contributed by atoms with Gasteiger partial charge in [-0.1, -0.05) is 25.4 Å². The van der Waals surface area contributed by atoms with Crippen molar-refractivity contribution in [3.05, 3.63) is 58.5 Å². The molecule has 30 heavy (non-hydrogen) atoms. The monoisotopic (exact) mass is 441 g/mol. The van der Waals surface area contributed by atoms with Gasteiger partial charge in [-0.25, -0.2) is 4.98 Å². The Kier molecular flexibility index (Phi) is 6.03. The highest BCUT2D eigenvalue weighted by Gasteiger charge is 2.39. The number of nitrogens with two attached hydrogens (primary N) is 1. The number of hydrogen-bond acceptors (Lipinski definition) is 4.